The van der Waals surface area contributed by atoms with Crippen molar-refractivity contribution in [2.75, 3.05) is 28.4 Å². The normalized spacial score (nSPS) is 10.3. The summed E-state index contributed by atoms with van der Waals surface area (Å²) < 4.78 is 21.4. The third kappa shape index (κ3) is 3.39. The number of ether oxygens (including phenoxy) is 4. The summed E-state index contributed by atoms with van der Waals surface area (Å²) in [4.78, 5) is 9.08. The van der Waals surface area contributed by atoms with Gasteiger partial charge in [0.05, 0.1) is 39.7 Å². The lowest BCUT2D eigenvalue weighted by Crippen LogP contribution is -1.97. The second-order valence-electron chi connectivity index (χ2n) is 5.40. The zero-order valence-electron chi connectivity index (χ0n) is 15.1. The van der Waals surface area contributed by atoms with Crippen LogP contribution in [-0.2, 0) is 0 Å². The van der Waals surface area contributed by atoms with Gasteiger partial charge in [-0.05, 0) is 30.3 Å². The molecule has 3 aromatic rings. The van der Waals surface area contributed by atoms with E-state index in [4.69, 9.17) is 18.9 Å². The molecule has 6 nitrogen and oxygen atoms in total. The standard InChI is InChI=1S/C20H20N2O4/c1-23-13-5-7-15(18(11-13)25-3)17-9-10-21-20(22-17)16-8-6-14(24-2)12-19(16)26-4/h5-12H,1-4H3. The average molecular weight is 352 g/mol. The fraction of sp³-hybridized carbons (Fsp3) is 0.200. The summed E-state index contributed by atoms with van der Waals surface area (Å²) >= 11 is 0. The molecule has 26 heavy (non-hydrogen) atoms. The van der Waals surface area contributed by atoms with Crippen molar-refractivity contribution in [3.8, 4) is 45.6 Å². The molecule has 0 saturated carbocycles. The van der Waals surface area contributed by atoms with Crippen molar-refractivity contribution in [1.82, 2.24) is 9.97 Å². The minimum absolute atomic E-state index is 0.555. The molecule has 2 aromatic carbocycles. The van der Waals surface area contributed by atoms with Gasteiger partial charge in [-0.15, -0.1) is 0 Å². The van der Waals surface area contributed by atoms with E-state index in [9.17, 15) is 0 Å². The van der Waals surface area contributed by atoms with E-state index in [1.165, 1.54) is 0 Å². The van der Waals surface area contributed by atoms with Crippen LogP contribution in [0.1, 0.15) is 0 Å². The fourth-order valence-electron chi connectivity index (χ4n) is 2.63. The fourth-order valence-corrected chi connectivity index (χ4v) is 2.63. The van der Waals surface area contributed by atoms with Crippen LogP contribution in [0.5, 0.6) is 23.0 Å². The number of aromatic nitrogens is 2. The molecule has 0 atom stereocenters. The van der Waals surface area contributed by atoms with Crippen LogP contribution in [0.4, 0.5) is 0 Å². The predicted molar refractivity (Wildman–Crippen MR) is 99.1 cm³/mol. The van der Waals surface area contributed by atoms with Crippen molar-refractivity contribution in [3.63, 3.8) is 0 Å². The van der Waals surface area contributed by atoms with E-state index in [-0.39, 0.29) is 0 Å². The van der Waals surface area contributed by atoms with E-state index in [1.54, 1.807) is 40.7 Å². The van der Waals surface area contributed by atoms with Crippen LogP contribution < -0.4 is 18.9 Å². The highest BCUT2D eigenvalue weighted by molar-refractivity contribution is 5.72. The summed E-state index contributed by atoms with van der Waals surface area (Å²) in [6.07, 6.45) is 1.71. The lowest BCUT2D eigenvalue weighted by atomic mass is 10.1. The quantitative estimate of drug-likeness (QED) is 0.672. The van der Waals surface area contributed by atoms with E-state index in [1.807, 2.05) is 36.4 Å². The van der Waals surface area contributed by atoms with Gasteiger partial charge in [-0.2, -0.15) is 0 Å². The first-order valence-corrected chi connectivity index (χ1v) is 7.98. The summed E-state index contributed by atoms with van der Waals surface area (Å²) in [5.74, 6) is 3.30. The van der Waals surface area contributed by atoms with E-state index in [2.05, 4.69) is 9.97 Å². The van der Waals surface area contributed by atoms with Crippen molar-refractivity contribution < 1.29 is 18.9 Å². The Morgan fingerprint density at radius 3 is 1.81 bits per heavy atom. The molecule has 3 rings (SSSR count). The minimum Gasteiger partial charge on any atom is -0.497 e. The van der Waals surface area contributed by atoms with E-state index in [0.29, 0.717) is 23.1 Å². The molecule has 0 radical (unpaired) electrons. The summed E-state index contributed by atoms with van der Waals surface area (Å²) in [7, 11) is 6.45. The molecule has 0 fully saturated rings. The van der Waals surface area contributed by atoms with Gasteiger partial charge in [0, 0.05) is 23.9 Å². The highest BCUT2D eigenvalue weighted by atomic mass is 16.5. The van der Waals surface area contributed by atoms with Crippen LogP contribution >= 0.6 is 0 Å². The van der Waals surface area contributed by atoms with Gasteiger partial charge in [-0.3, -0.25) is 0 Å². The molecule has 134 valence electrons. The van der Waals surface area contributed by atoms with Crippen LogP contribution in [0.2, 0.25) is 0 Å². The Morgan fingerprint density at radius 2 is 1.23 bits per heavy atom. The maximum absolute atomic E-state index is 5.48. The van der Waals surface area contributed by atoms with Crippen LogP contribution in [0.25, 0.3) is 22.6 Å². The summed E-state index contributed by atoms with van der Waals surface area (Å²) in [5.41, 5.74) is 2.37. The molecule has 0 saturated heterocycles. The van der Waals surface area contributed by atoms with Crippen molar-refractivity contribution >= 4 is 0 Å². The third-order valence-electron chi connectivity index (χ3n) is 3.99. The van der Waals surface area contributed by atoms with Crippen molar-refractivity contribution in [2.24, 2.45) is 0 Å². The highest BCUT2D eigenvalue weighted by Crippen LogP contribution is 2.35. The molecular weight excluding hydrogens is 332 g/mol. The summed E-state index contributed by atoms with van der Waals surface area (Å²) in [6.45, 7) is 0. The second kappa shape index (κ2) is 7.74. The monoisotopic (exact) mass is 352 g/mol. The SMILES string of the molecule is COc1ccc(-c2ccnc(-c3ccc(OC)cc3OC)n2)c(OC)c1. The second-order valence-corrected chi connectivity index (χ2v) is 5.40. The van der Waals surface area contributed by atoms with E-state index < -0.39 is 0 Å². The number of rotatable bonds is 6. The smallest absolute Gasteiger partial charge is 0.163 e. The molecule has 0 spiro atoms. The number of hydrogen-bond donors (Lipinski definition) is 0. The Balaban J connectivity index is 2.07. The molecule has 0 aliphatic heterocycles. The lowest BCUT2D eigenvalue weighted by Gasteiger charge is -2.12. The first kappa shape index (κ1) is 17.5. The van der Waals surface area contributed by atoms with Gasteiger partial charge in [0.15, 0.2) is 5.82 Å². The molecule has 0 bridgehead atoms. The Kier molecular flexibility index (Phi) is 5.22. The Bertz CT molecular complexity index is 841. The van der Waals surface area contributed by atoms with E-state index >= 15 is 0 Å². The molecule has 0 aliphatic carbocycles. The van der Waals surface area contributed by atoms with Crippen LogP contribution in [0.3, 0.4) is 0 Å². The van der Waals surface area contributed by atoms with Gasteiger partial charge in [-0.1, -0.05) is 0 Å². The van der Waals surface area contributed by atoms with Gasteiger partial charge in [-0.25, -0.2) is 9.97 Å². The topological polar surface area (TPSA) is 62.7 Å². The van der Waals surface area contributed by atoms with Gasteiger partial charge < -0.3 is 18.9 Å². The van der Waals surface area contributed by atoms with Crippen LogP contribution in [0.15, 0.2) is 48.7 Å². The molecule has 0 unspecified atom stereocenters. The van der Waals surface area contributed by atoms with E-state index in [0.717, 1.165) is 22.6 Å². The molecule has 1 heterocycles. The Morgan fingerprint density at radius 1 is 0.654 bits per heavy atom. The first-order chi connectivity index (χ1) is 12.7. The highest BCUT2D eigenvalue weighted by Gasteiger charge is 2.14. The maximum atomic E-state index is 5.48. The zero-order valence-corrected chi connectivity index (χ0v) is 15.1. The predicted octanol–water partition coefficient (Wildman–Crippen LogP) is 3.85. The number of hydrogen-bond acceptors (Lipinski definition) is 6. The van der Waals surface area contributed by atoms with Crippen LogP contribution in [-0.4, -0.2) is 38.4 Å². The molecule has 0 aliphatic rings. The van der Waals surface area contributed by atoms with Crippen molar-refractivity contribution in [3.05, 3.63) is 48.7 Å². The van der Waals surface area contributed by atoms with Crippen molar-refractivity contribution in [2.45, 2.75) is 0 Å². The van der Waals surface area contributed by atoms with Gasteiger partial charge in [0.2, 0.25) is 0 Å². The summed E-state index contributed by atoms with van der Waals surface area (Å²) in [6, 6.07) is 13.0. The Hall–Kier alpha value is -3.28. The minimum atomic E-state index is 0.555. The lowest BCUT2D eigenvalue weighted by molar-refractivity contribution is 0.395. The molecular formula is C20H20N2O4. The van der Waals surface area contributed by atoms with Crippen molar-refractivity contribution in [1.29, 1.82) is 0 Å². The van der Waals surface area contributed by atoms with Gasteiger partial charge >= 0.3 is 0 Å². The number of benzene rings is 2. The largest absolute Gasteiger partial charge is 0.497 e. The number of nitrogens with zero attached hydrogens (tertiary/aromatic N) is 2. The summed E-state index contributed by atoms with van der Waals surface area (Å²) in [5, 5.41) is 0. The van der Waals surface area contributed by atoms with Crippen LogP contribution in [0, 0.1) is 0 Å². The zero-order chi connectivity index (χ0) is 18.5. The molecule has 6 heteroatoms. The number of methoxy groups -OCH3 is 4. The van der Waals surface area contributed by atoms with Gasteiger partial charge in [0.25, 0.3) is 0 Å². The molecule has 0 amide bonds. The first-order valence-electron chi connectivity index (χ1n) is 7.98. The molecule has 0 N–H and O–H groups in total. The van der Waals surface area contributed by atoms with Gasteiger partial charge in [0.1, 0.15) is 23.0 Å². The maximum Gasteiger partial charge on any atom is 0.163 e. The third-order valence-corrected chi connectivity index (χ3v) is 3.99. The molecule has 1 aromatic heterocycles. The average Bonchev–Trinajstić information content (AvgIpc) is 2.72. The Labute approximate surface area is 152 Å².